The largest absolute Gasteiger partial charge is 0.490 e. The van der Waals surface area contributed by atoms with E-state index in [0.29, 0.717) is 49.2 Å². The fourth-order valence-corrected chi connectivity index (χ4v) is 3.43. The van der Waals surface area contributed by atoms with Gasteiger partial charge in [-0.1, -0.05) is 12.1 Å². The second kappa shape index (κ2) is 10.0. The van der Waals surface area contributed by atoms with Crippen molar-refractivity contribution < 1.29 is 23.7 Å². The van der Waals surface area contributed by atoms with Crippen molar-refractivity contribution in [3.63, 3.8) is 0 Å². The first-order chi connectivity index (χ1) is 15.6. The van der Waals surface area contributed by atoms with Crippen LogP contribution in [0.1, 0.15) is 22.8 Å². The molecule has 2 aromatic carbocycles. The lowest BCUT2D eigenvalue weighted by atomic mass is 10.1. The number of ether oxygens (including phenoxy) is 4. The summed E-state index contributed by atoms with van der Waals surface area (Å²) in [7, 11) is 1.75. The molecule has 7 nitrogen and oxygen atoms in total. The van der Waals surface area contributed by atoms with Gasteiger partial charge in [0.1, 0.15) is 13.2 Å². The molecular formula is C25H26N2O5. The summed E-state index contributed by atoms with van der Waals surface area (Å²) < 4.78 is 23.4. The Bertz CT molecular complexity index is 1060. The number of rotatable bonds is 8. The van der Waals surface area contributed by atoms with E-state index in [-0.39, 0.29) is 12.0 Å². The van der Waals surface area contributed by atoms with Crippen LogP contribution < -0.4 is 18.9 Å². The molecule has 1 aliphatic rings. The minimum atomic E-state index is -0.242. The fourth-order valence-electron chi connectivity index (χ4n) is 3.43. The maximum Gasteiger partial charge on any atom is 0.253 e. The molecule has 1 amide bonds. The number of hydrogen-bond donors (Lipinski definition) is 0. The zero-order chi connectivity index (χ0) is 22.3. The number of fused-ring (bicyclic) bond motifs is 1. The lowest BCUT2D eigenvalue weighted by Gasteiger charge is -2.29. The number of nitrogens with zero attached hydrogens (tertiary/aromatic N) is 2. The number of pyridine rings is 1. The number of benzene rings is 2. The minimum Gasteiger partial charge on any atom is -0.490 e. The van der Waals surface area contributed by atoms with Gasteiger partial charge in [0.05, 0.1) is 13.2 Å². The molecule has 2 heterocycles. The number of carbonyl (C=O) groups is 1. The van der Waals surface area contributed by atoms with Crippen molar-refractivity contribution in [2.24, 2.45) is 0 Å². The fraction of sp³-hybridized carbons (Fsp3) is 0.280. The van der Waals surface area contributed by atoms with Crippen LogP contribution in [0.4, 0.5) is 0 Å². The summed E-state index contributed by atoms with van der Waals surface area (Å²) >= 11 is 0. The standard InChI is InChI=1S/C25H26N2O5/c1-3-29-24-14-19(8-9-22(24)30-16-18-10-12-26-13-11-18)25(28)27(2)15-20-17-31-21-6-4-5-7-23(21)32-20/h4-14,20H,3,15-17H2,1-2H3. The highest BCUT2D eigenvalue weighted by molar-refractivity contribution is 5.94. The summed E-state index contributed by atoms with van der Waals surface area (Å²) in [5, 5.41) is 0. The monoisotopic (exact) mass is 434 g/mol. The van der Waals surface area contributed by atoms with Crippen LogP contribution in [0.2, 0.25) is 0 Å². The Balaban J connectivity index is 1.41. The molecular weight excluding hydrogens is 408 g/mol. The second-order valence-corrected chi connectivity index (χ2v) is 7.42. The van der Waals surface area contributed by atoms with Crippen molar-refractivity contribution in [1.29, 1.82) is 0 Å². The van der Waals surface area contributed by atoms with E-state index >= 15 is 0 Å². The average molecular weight is 434 g/mol. The third-order valence-corrected chi connectivity index (χ3v) is 5.03. The van der Waals surface area contributed by atoms with Crippen molar-refractivity contribution in [2.45, 2.75) is 19.6 Å². The molecule has 3 aromatic rings. The lowest BCUT2D eigenvalue weighted by molar-refractivity contribution is 0.0520. The highest BCUT2D eigenvalue weighted by atomic mass is 16.6. The van der Waals surface area contributed by atoms with E-state index in [1.54, 1.807) is 42.5 Å². The van der Waals surface area contributed by atoms with E-state index in [2.05, 4.69) is 4.98 Å². The predicted molar refractivity (Wildman–Crippen MR) is 119 cm³/mol. The van der Waals surface area contributed by atoms with E-state index in [0.717, 1.165) is 11.3 Å². The van der Waals surface area contributed by atoms with Crippen LogP contribution in [-0.2, 0) is 6.61 Å². The van der Waals surface area contributed by atoms with Crippen LogP contribution >= 0.6 is 0 Å². The predicted octanol–water partition coefficient (Wildman–Crippen LogP) is 3.97. The average Bonchev–Trinajstić information content (AvgIpc) is 2.83. The quantitative estimate of drug-likeness (QED) is 0.534. The van der Waals surface area contributed by atoms with E-state index in [9.17, 15) is 4.79 Å². The smallest absolute Gasteiger partial charge is 0.253 e. The minimum absolute atomic E-state index is 0.130. The summed E-state index contributed by atoms with van der Waals surface area (Å²) in [6, 6.07) is 16.5. The normalized spacial score (nSPS) is 14.5. The highest BCUT2D eigenvalue weighted by Crippen LogP contribution is 2.32. The Morgan fingerprint density at radius 2 is 1.84 bits per heavy atom. The van der Waals surface area contributed by atoms with Crippen molar-refractivity contribution in [3.05, 3.63) is 78.1 Å². The maximum atomic E-state index is 13.0. The molecule has 0 aliphatic carbocycles. The second-order valence-electron chi connectivity index (χ2n) is 7.42. The highest BCUT2D eigenvalue weighted by Gasteiger charge is 2.24. The number of aromatic nitrogens is 1. The molecule has 1 atom stereocenters. The van der Waals surface area contributed by atoms with Gasteiger partial charge in [-0.25, -0.2) is 0 Å². The molecule has 0 spiro atoms. The molecule has 166 valence electrons. The number of carbonyl (C=O) groups excluding carboxylic acids is 1. The number of para-hydroxylation sites is 2. The third-order valence-electron chi connectivity index (χ3n) is 5.03. The molecule has 4 rings (SSSR count). The third kappa shape index (κ3) is 5.11. The first kappa shape index (κ1) is 21.5. The van der Waals surface area contributed by atoms with Crippen LogP contribution in [0.3, 0.4) is 0 Å². The van der Waals surface area contributed by atoms with Crippen molar-refractivity contribution in [2.75, 3.05) is 26.8 Å². The van der Waals surface area contributed by atoms with Crippen molar-refractivity contribution in [1.82, 2.24) is 9.88 Å². The molecule has 0 N–H and O–H groups in total. The zero-order valence-electron chi connectivity index (χ0n) is 18.2. The molecule has 0 radical (unpaired) electrons. The van der Waals surface area contributed by atoms with Crippen LogP contribution in [-0.4, -0.2) is 48.7 Å². The van der Waals surface area contributed by atoms with E-state index < -0.39 is 0 Å². The van der Waals surface area contributed by atoms with E-state index in [4.69, 9.17) is 18.9 Å². The summed E-state index contributed by atoms with van der Waals surface area (Å²) in [5.74, 6) is 2.41. The summed E-state index contributed by atoms with van der Waals surface area (Å²) in [4.78, 5) is 18.7. The van der Waals surface area contributed by atoms with Crippen molar-refractivity contribution in [3.8, 4) is 23.0 Å². The first-order valence-electron chi connectivity index (χ1n) is 10.6. The Morgan fingerprint density at radius 3 is 2.62 bits per heavy atom. The van der Waals surface area contributed by atoms with Gasteiger partial charge in [0.2, 0.25) is 0 Å². The summed E-state index contributed by atoms with van der Waals surface area (Å²) in [6.45, 7) is 3.53. The molecule has 1 aromatic heterocycles. The molecule has 0 saturated carbocycles. The van der Waals surface area contributed by atoms with Gasteiger partial charge in [-0.15, -0.1) is 0 Å². The van der Waals surface area contributed by atoms with Gasteiger partial charge >= 0.3 is 0 Å². The van der Waals surface area contributed by atoms with Crippen LogP contribution in [0.15, 0.2) is 67.0 Å². The molecule has 0 fully saturated rings. The Kier molecular flexibility index (Phi) is 6.75. The topological polar surface area (TPSA) is 70.1 Å². The van der Waals surface area contributed by atoms with Gasteiger partial charge in [0.15, 0.2) is 29.1 Å². The molecule has 0 bridgehead atoms. The van der Waals surface area contributed by atoms with Gasteiger partial charge in [0.25, 0.3) is 5.91 Å². The van der Waals surface area contributed by atoms with Gasteiger partial charge < -0.3 is 23.8 Å². The Hall–Kier alpha value is -3.74. The molecule has 1 unspecified atom stereocenters. The number of amides is 1. The molecule has 32 heavy (non-hydrogen) atoms. The van der Waals surface area contributed by atoms with Crippen molar-refractivity contribution >= 4 is 5.91 Å². The van der Waals surface area contributed by atoms with Crippen LogP contribution in [0.25, 0.3) is 0 Å². The number of likely N-dealkylation sites (N-methyl/N-ethyl adjacent to an activating group) is 1. The Labute approximate surface area is 187 Å². The van der Waals surface area contributed by atoms with E-state index in [1.807, 2.05) is 43.3 Å². The molecule has 1 aliphatic heterocycles. The summed E-state index contributed by atoms with van der Waals surface area (Å²) in [6.07, 6.45) is 3.20. The molecule has 0 saturated heterocycles. The molecule has 7 heteroatoms. The first-order valence-corrected chi connectivity index (χ1v) is 10.6. The van der Waals surface area contributed by atoms with Crippen LogP contribution in [0.5, 0.6) is 23.0 Å². The SMILES string of the molecule is CCOc1cc(C(=O)N(C)CC2COc3ccccc3O2)ccc1OCc1ccncc1. The maximum absolute atomic E-state index is 13.0. The van der Waals surface area contributed by atoms with Gasteiger partial charge in [0, 0.05) is 25.0 Å². The Morgan fingerprint density at radius 1 is 1.06 bits per heavy atom. The van der Waals surface area contributed by atoms with Gasteiger partial charge in [-0.05, 0) is 55.0 Å². The van der Waals surface area contributed by atoms with E-state index in [1.165, 1.54) is 0 Å². The van der Waals surface area contributed by atoms with Crippen LogP contribution in [0, 0.1) is 0 Å². The summed E-state index contributed by atoms with van der Waals surface area (Å²) in [5.41, 5.74) is 1.52. The lowest BCUT2D eigenvalue weighted by Crippen LogP contribution is -2.41. The van der Waals surface area contributed by atoms with Gasteiger partial charge in [-0.2, -0.15) is 0 Å². The zero-order valence-corrected chi connectivity index (χ0v) is 18.2. The number of hydrogen-bond acceptors (Lipinski definition) is 6. The van der Waals surface area contributed by atoms with Gasteiger partial charge in [-0.3, -0.25) is 9.78 Å².